The van der Waals surface area contributed by atoms with Crippen LogP contribution in [0.25, 0.3) is 0 Å². The second-order valence-corrected chi connectivity index (χ2v) is 9.33. The van der Waals surface area contributed by atoms with Crippen LogP contribution in [-0.4, -0.2) is 38.9 Å². The molecule has 8 heteroatoms. The lowest BCUT2D eigenvalue weighted by atomic mass is 9.95. The number of ether oxygens (including phenoxy) is 2. The van der Waals surface area contributed by atoms with Gasteiger partial charge in [-0.1, -0.05) is 30.3 Å². The lowest BCUT2D eigenvalue weighted by Gasteiger charge is -2.35. The summed E-state index contributed by atoms with van der Waals surface area (Å²) in [4.78, 5) is 13.4. The van der Waals surface area contributed by atoms with Crippen LogP contribution in [0.1, 0.15) is 11.1 Å². The van der Waals surface area contributed by atoms with Crippen molar-refractivity contribution in [3.63, 3.8) is 0 Å². The predicted octanol–water partition coefficient (Wildman–Crippen LogP) is 3.46. The van der Waals surface area contributed by atoms with Crippen LogP contribution in [0.3, 0.4) is 0 Å². The number of nitrogens with zero attached hydrogens (tertiary/aromatic N) is 1. The van der Waals surface area contributed by atoms with E-state index in [9.17, 15) is 13.2 Å². The first-order valence-electron chi connectivity index (χ1n) is 10.1. The maximum Gasteiger partial charge on any atom is 0.244 e. The topological polar surface area (TPSA) is 84.9 Å². The van der Waals surface area contributed by atoms with E-state index in [-0.39, 0.29) is 17.9 Å². The van der Waals surface area contributed by atoms with Gasteiger partial charge in [0, 0.05) is 18.3 Å². The Morgan fingerprint density at radius 2 is 1.59 bits per heavy atom. The molecule has 166 valence electrons. The zero-order chi connectivity index (χ0) is 22.7. The first kappa shape index (κ1) is 21.9. The highest BCUT2D eigenvalue weighted by atomic mass is 32.2. The molecule has 0 saturated heterocycles. The van der Waals surface area contributed by atoms with Crippen molar-refractivity contribution in [1.82, 2.24) is 4.31 Å². The minimum absolute atomic E-state index is 0.108. The van der Waals surface area contributed by atoms with Gasteiger partial charge in [0.1, 0.15) is 17.5 Å². The Bertz CT molecular complexity index is 1230. The molecule has 1 N–H and O–H groups in total. The van der Waals surface area contributed by atoms with Gasteiger partial charge in [-0.15, -0.1) is 0 Å². The molecule has 7 nitrogen and oxygen atoms in total. The Labute approximate surface area is 187 Å². The molecule has 0 radical (unpaired) electrons. The summed E-state index contributed by atoms with van der Waals surface area (Å²) in [7, 11) is -0.875. The molecule has 0 aromatic heterocycles. The third-order valence-electron chi connectivity index (χ3n) is 5.51. The van der Waals surface area contributed by atoms with E-state index in [0.717, 1.165) is 11.1 Å². The molecule has 0 fully saturated rings. The first-order valence-corrected chi connectivity index (χ1v) is 11.5. The zero-order valence-corrected chi connectivity index (χ0v) is 18.6. The second kappa shape index (κ2) is 9.02. The van der Waals surface area contributed by atoms with Crippen molar-refractivity contribution < 1.29 is 22.7 Å². The Morgan fingerprint density at radius 3 is 2.28 bits per heavy atom. The number of fused-ring (bicyclic) bond motifs is 1. The summed E-state index contributed by atoms with van der Waals surface area (Å²) in [5, 5.41) is 2.84. The standard InChI is InChI=1S/C24H24N2O5S/c1-30-20-10-12-22(13-11-20)32(28,29)26-16-18-7-4-3-6-17(18)14-23(26)24(27)25-19-8-5-9-21(15-19)31-2/h3-13,15,23H,14,16H2,1-2H3,(H,25,27)/t23-/m0/s1. The molecule has 0 spiro atoms. The van der Waals surface area contributed by atoms with Crippen LogP contribution in [0, 0.1) is 0 Å². The summed E-state index contributed by atoms with van der Waals surface area (Å²) in [6, 6.07) is 19.8. The van der Waals surface area contributed by atoms with Gasteiger partial charge in [-0.2, -0.15) is 4.31 Å². The SMILES string of the molecule is COc1ccc(S(=O)(=O)N2Cc3ccccc3C[C@H]2C(=O)Nc2cccc(OC)c2)cc1. The van der Waals surface area contributed by atoms with E-state index in [1.807, 2.05) is 24.3 Å². The Balaban J connectivity index is 1.69. The third kappa shape index (κ3) is 4.32. The number of carbonyl (C=O) groups is 1. The second-order valence-electron chi connectivity index (χ2n) is 7.44. The van der Waals surface area contributed by atoms with Crippen LogP contribution < -0.4 is 14.8 Å². The largest absolute Gasteiger partial charge is 0.497 e. The van der Waals surface area contributed by atoms with Crippen molar-refractivity contribution in [3.8, 4) is 11.5 Å². The summed E-state index contributed by atoms with van der Waals surface area (Å²) in [6.45, 7) is 0.112. The number of hydrogen-bond acceptors (Lipinski definition) is 5. The van der Waals surface area contributed by atoms with E-state index in [1.165, 1.54) is 23.5 Å². The smallest absolute Gasteiger partial charge is 0.244 e. The molecule has 3 aromatic carbocycles. The minimum atomic E-state index is -3.94. The molecule has 1 aliphatic rings. The number of sulfonamides is 1. The van der Waals surface area contributed by atoms with E-state index >= 15 is 0 Å². The summed E-state index contributed by atoms with van der Waals surface area (Å²) in [5.74, 6) is 0.754. The van der Waals surface area contributed by atoms with Gasteiger partial charge in [0.05, 0.1) is 19.1 Å². The molecule has 32 heavy (non-hydrogen) atoms. The number of anilines is 1. The van der Waals surface area contributed by atoms with Crippen molar-refractivity contribution in [3.05, 3.63) is 83.9 Å². The van der Waals surface area contributed by atoms with E-state index in [0.29, 0.717) is 17.2 Å². The first-order chi connectivity index (χ1) is 15.4. The van der Waals surface area contributed by atoms with Crippen molar-refractivity contribution in [2.45, 2.75) is 23.9 Å². The van der Waals surface area contributed by atoms with Crippen molar-refractivity contribution in [2.75, 3.05) is 19.5 Å². The van der Waals surface area contributed by atoms with Gasteiger partial charge in [0.25, 0.3) is 0 Å². The minimum Gasteiger partial charge on any atom is -0.497 e. The average molecular weight is 453 g/mol. The predicted molar refractivity (Wildman–Crippen MR) is 121 cm³/mol. The number of methoxy groups -OCH3 is 2. The van der Waals surface area contributed by atoms with Crippen LogP contribution in [0.15, 0.2) is 77.7 Å². The number of nitrogens with one attached hydrogen (secondary N) is 1. The fraction of sp³-hybridized carbons (Fsp3) is 0.208. The number of carbonyl (C=O) groups excluding carboxylic acids is 1. The lowest BCUT2D eigenvalue weighted by Crippen LogP contribution is -2.50. The monoisotopic (exact) mass is 452 g/mol. The molecule has 0 aliphatic carbocycles. The summed E-state index contributed by atoms with van der Waals surface area (Å²) in [5.41, 5.74) is 2.38. The van der Waals surface area contributed by atoms with Crippen molar-refractivity contribution in [1.29, 1.82) is 0 Å². The van der Waals surface area contributed by atoms with Gasteiger partial charge in [-0.3, -0.25) is 4.79 Å². The lowest BCUT2D eigenvalue weighted by molar-refractivity contribution is -0.120. The number of amides is 1. The Hall–Kier alpha value is -3.36. The summed E-state index contributed by atoms with van der Waals surface area (Å²) >= 11 is 0. The van der Waals surface area contributed by atoms with Gasteiger partial charge in [-0.05, 0) is 53.9 Å². The Kier molecular flexibility index (Phi) is 6.16. The van der Waals surface area contributed by atoms with E-state index < -0.39 is 22.0 Å². The highest BCUT2D eigenvalue weighted by Gasteiger charge is 2.39. The fourth-order valence-electron chi connectivity index (χ4n) is 3.78. The maximum absolute atomic E-state index is 13.5. The van der Waals surface area contributed by atoms with Gasteiger partial charge in [0.2, 0.25) is 15.9 Å². The molecule has 1 heterocycles. The third-order valence-corrected chi connectivity index (χ3v) is 7.38. The van der Waals surface area contributed by atoms with E-state index in [2.05, 4.69) is 5.32 Å². The van der Waals surface area contributed by atoms with E-state index in [4.69, 9.17) is 9.47 Å². The molecule has 1 aliphatic heterocycles. The molecule has 4 rings (SSSR count). The molecule has 0 bridgehead atoms. The van der Waals surface area contributed by atoms with Gasteiger partial charge in [-0.25, -0.2) is 8.42 Å². The van der Waals surface area contributed by atoms with Crippen LogP contribution >= 0.6 is 0 Å². The van der Waals surface area contributed by atoms with E-state index in [1.54, 1.807) is 43.5 Å². The van der Waals surface area contributed by atoms with Crippen LogP contribution in [0.4, 0.5) is 5.69 Å². The Morgan fingerprint density at radius 1 is 0.906 bits per heavy atom. The quantitative estimate of drug-likeness (QED) is 0.619. The highest BCUT2D eigenvalue weighted by Crippen LogP contribution is 2.30. The number of rotatable bonds is 6. The molecule has 1 atom stereocenters. The van der Waals surface area contributed by atoms with Crippen LogP contribution in [-0.2, 0) is 27.8 Å². The summed E-state index contributed by atoms with van der Waals surface area (Å²) in [6.07, 6.45) is 0.279. The number of benzene rings is 3. The van der Waals surface area contributed by atoms with Crippen molar-refractivity contribution in [2.24, 2.45) is 0 Å². The normalized spacial score (nSPS) is 16.1. The van der Waals surface area contributed by atoms with Crippen molar-refractivity contribution >= 4 is 21.6 Å². The molecular formula is C24H24N2O5S. The van der Waals surface area contributed by atoms with Gasteiger partial charge in [0.15, 0.2) is 0 Å². The molecule has 3 aromatic rings. The molecule has 1 amide bonds. The molecule has 0 saturated carbocycles. The average Bonchev–Trinajstić information content (AvgIpc) is 2.83. The van der Waals surface area contributed by atoms with Gasteiger partial charge >= 0.3 is 0 Å². The maximum atomic E-state index is 13.5. The zero-order valence-electron chi connectivity index (χ0n) is 17.8. The highest BCUT2D eigenvalue weighted by molar-refractivity contribution is 7.89. The summed E-state index contributed by atoms with van der Waals surface area (Å²) < 4.78 is 38.7. The molecular weight excluding hydrogens is 428 g/mol. The fourth-order valence-corrected chi connectivity index (χ4v) is 5.35. The van der Waals surface area contributed by atoms with Crippen LogP contribution in [0.2, 0.25) is 0 Å². The number of hydrogen-bond donors (Lipinski definition) is 1. The van der Waals surface area contributed by atoms with Crippen LogP contribution in [0.5, 0.6) is 11.5 Å². The van der Waals surface area contributed by atoms with Gasteiger partial charge < -0.3 is 14.8 Å². The molecule has 0 unspecified atom stereocenters.